The first-order valence-electron chi connectivity index (χ1n) is 46.5. The average molecular weight is 1810 g/mol. The highest BCUT2D eigenvalue weighted by Gasteiger charge is 2.63. The molecule has 22 rings (SSSR count). The van der Waals surface area contributed by atoms with E-state index in [0.29, 0.717) is 35.2 Å². The van der Waals surface area contributed by atoms with Crippen LogP contribution in [0.25, 0.3) is 0 Å². The first-order valence-corrected chi connectivity index (χ1v) is 51.4. The van der Waals surface area contributed by atoms with Gasteiger partial charge >= 0.3 is 23.9 Å². The molecule has 2 aliphatic heterocycles. The summed E-state index contributed by atoms with van der Waals surface area (Å²) in [5.74, 6) is 8.33. The van der Waals surface area contributed by atoms with Crippen LogP contribution in [-0.2, 0) is 72.2 Å². The monoisotopic (exact) mass is 1810 g/mol. The molecule has 12 aromatic carbocycles. The smallest absolute Gasteiger partial charge is 0.316 e. The number of carbonyl (C=O) groups is 4. The van der Waals surface area contributed by atoms with E-state index in [4.69, 9.17) is 37.9 Å². The summed E-state index contributed by atoms with van der Waals surface area (Å²) in [4.78, 5) is 65.1. The number of benzene rings is 12. The highest BCUT2D eigenvalue weighted by atomic mass is 32.2. The second-order valence-corrected chi connectivity index (χ2v) is 45.9. The highest BCUT2D eigenvalue weighted by Crippen LogP contribution is 2.63. The summed E-state index contributed by atoms with van der Waals surface area (Å²) >= 11 is 0. The normalized spacial score (nSPS) is 22.1. The van der Waals surface area contributed by atoms with Crippen molar-refractivity contribution in [3.05, 3.63) is 315 Å². The molecule has 16 heteroatoms. The number of para-hydroxylation sites is 4. The largest absolute Gasteiger partial charge is 0.487 e. The first-order chi connectivity index (χ1) is 62.9. The standard InChI is InChI=1S/C34H39O3S.C33H37O3S.C24H23O3S.C23H21O3S/c1-4-32(2,3)31(35)37-34-22-25-19-26(23-34)21-33(20-25,24-34)36-27-15-17-30(18-16-27)38(28-11-7-5-8-12-28)29-13-9-6-10-14-29;1-3-24(2)31(34)36-33-21-25-18-26(22-33)20-32(19-25,23-33)35-27-14-16-30(17-15-27)37(28-10-6-4-7-11-28)29-12-8-5-9-13-29;1-4-24(2,3)23(25)26-17-13-15-18(16-14-17)28-21-11-7-5-9-19(21)27-20-10-6-8-12-22(20)28;1-3-16(2)23(24)25-17-12-14-18(15-13-17)27-21-10-6-4-8-19(21)26-20-9-5-7-11-22(20)27/h5-18,25-26H,4,19-24H2,1-3H3;4-17,24-26H,3,18-23H2,1-2H3;5-16H,4H2,1-3H3;4-16H,3H2,1-2H3/q4*+1. The molecule has 130 heavy (non-hydrogen) atoms. The fraction of sp³-hybridized carbons (Fsp3) is 0.333. The molecular formula is C114H120O12S4+4. The van der Waals surface area contributed by atoms with Crippen LogP contribution in [0.1, 0.15) is 172 Å². The summed E-state index contributed by atoms with van der Waals surface area (Å²) in [7, 11) is -0.856. The zero-order valence-electron chi connectivity index (χ0n) is 76.3. The van der Waals surface area contributed by atoms with Crippen LogP contribution in [0, 0.1) is 46.3 Å². The average Bonchev–Trinajstić information content (AvgIpc) is 0.721. The lowest BCUT2D eigenvalue weighted by molar-refractivity contribution is -0.220. The topological polar surface area (TPSA) is 142 Å². The van der Waals surface area contributed by atoms with E-state index in [1.54, 1.807) is 0 Å². The summed E-state index contributed by atoms with van der Waals surface area (Å²) in [6.45, 7) is 19.8. The van der Waals surface area contributed by atoms with E-state index in [2.05, 4.69) is 208 Å². The molecule has 12 nitrogen and oxygen atoms in total. The molecule has 668 valence electrons. The SMILES string of the molecule is CCC(C)(C)C(=O)OC12CC3CC(C1)CC(Oc1ccc([S+](c4ccccc4)c4ccccc4)cc1)(C3)C2.CCC(C)(C)C(=O)Oc1ccc([S+]2c3ccccc3Oc3ccccc32)cc1.CCC(C)C(=O)OC12CC3CC(C1)CC(Oc1ccc([S+](c4ccccc4)c4ccccc4)cc1)(C3)C2.CCC(C)C(=O)Oc1ccc([S+]2c3ccccc3Oc3ccccc32)cc1. The van der Waals surface area contributed by atoms with Crippen molar-refractivity contribution in [1.29, 1.82) is 0 Å². The van der Waals surface area contributed by atoms with Crippen molar-refractivity contribution in [3.63, 3.8) is 0 Å². The molecule has 6 atom stereocenters. The Morgan fingerprint density at radius 3 is 0.938 bits per heavy atom. The van der Waals surface area contributed by atoms with Crippen LogP contribution < -0.4 is 28.4 Å². The van der Waals surface area contributed by atoms with Gasteiger partial charge in [0.15, 0.2) is 62.2 Å². The minimum absolute atomic E-state index is 0.0298. The molecule has 0 N–H and O–H groups in total. The van der Waals surface area contributed by atoms with E-state index >= 15 is 0 Å². The van der Waals surface area contributed by atoms with Gasteiger partial charge in [-0.3, -0.25) is 19.2 Å². The van der Waals surface area contributed by atoms with Crippen LogP contribution in [0.3, 0.4) is 0 Å². The molecule has 0 spiro atoms. The van der Waals surface area contributed by atoms with Gasteiger partial charge in [0.2, 0.25) is 19.6 Å². The van der Waals surface area contributed by atoms with Gasteiger partial charge in [0.05, 0.1) is 44.5 Å². The van der Waals surface area contributed by atoms with Crippen LogP contribution in [0.15, 0.2) is 374 Å². The third kappa shape index (κ3) is 20.3. The van der Waals surface area contributed by atoms with Crippen molar-refractivity contribution in [3.8, 4) is 46.0 Å². The van der Waals surface area contributed by atoms with E-state index in [0.717, 1.165) is 139 Å². The number of carbonyl (C=O) groups excluding carboxylic acids is 4. The number of rotatable bonds is 24. The van der Waals surface area contributed by atoms with Crippen molar-refractivity contribution in [2.24, 2.45) is 46.3 Å². The fourth-order valence-corrected chi connectivity index (χ4v) is 28.9. The summed E-state index contributed by atoms with van der Waals surface area (Å²) in [5, 5.41) is 0. The molecule has 8 fully saturated rings. The van der Waals surface area contributed by atoms with Crippen LogP contribution in [0.4, 0.5) is 0 Å². The van der Waals surface area contributed by atoms with E-state index < -0.39 is 10.8 Å². The molecule has 6 unspecified atom stereocenters. The fourth-order valence-electron chi connectivity index (χ4n) is 20.3. The Morgan fingerprint density at radius 1 is 0.331 bits per heavy atom. The quantitative estimate of drug-likeness (QED) is 0.0323. The van der Waals surface area contributed by atoms with Crippen LogP contribution in [-0.4, -0.2) is 46.3 Å². The number of fused-ring (bicyclic) bond motifs is 4. The number of hydrogen-bond acceptors (Lipinski definition) is 12. The Labute approximate surface area is 779 Å². The van der Waals surface area contributed by atoms with Crippen molar-refractivity contribution >= 4 is 67.5 Å². The van der Waals surface area contributed by atoms with Crippen LogP contribution >= 0.6 is 0 Å². The van der Waals surface area contributed by atoms with Crippen molar-refractivity contribution in [1.82, 2.24) is 0 Å². The molecule has 8 aliphatic carbocycles. The van der Waals surface area contributed by atoms with Gasteiger partial charge in [0.25, 0.3) is 0 Å². The van der Waals surface area contributed by atoms with Crippen molar-refractivity contribution in [2.45, 2.75) is 253 Å². The van der Waals surface area contributed by atoms with Gasteiger partial charge in [-0.2, -0.15) is 0 Å². The predicted molar refractivity (Wildman–Crippen MR) is 518 cm³/mol. The van der Waals surface area contributed by atoms with Gasteiger partial charge in [-0.25, -0.2) is 0 Å². The maximum absolute atomic E-state index is 13.1. The van der Waals surface area contributed by atoms with Gasteiger partial charge in [-0.05, 0) is 335 Å². The minimum atomic E-state index is -0.487. The van der Waals surface area contributed by atoms with Gasteiger partial charge < -0.3 is 37.9 Å². The number of ether oxygens (including phenoxy) is 8. The summed E-state index contributed by atoms with van der Waals surface area (Å²) < 4.78 is 49.7. The van der Waals surface area contributed by atoms with Crippen LogP contribution in [0.5, 0.6) is 46.0 Å². The third-order valence-electron chi connectivity index (χ3n) is 27.4. The molecule has 0 aromatic heterocycles. The van der Waals surface area contributed by atoms with E-state index in [-0.39, 0.29) is 102 Å². The van der Waals surface area contributed by atoms with Gasteiger partial charge in [-0.15, -0.1) is 0 Å². The molecule has 8 bridgehead atoms. The molecule has 2 heterocycles. The number of hydrogen-bond donors (Lipinski definition) is 0. The lowest BCUT2D eigenvalue weighted by atomic mass is 9.52. The molecule has 10 aliphatic rings. The third-order valence-corrected chi connectivity index (χ3v) is 36.5. The summed E-state index contributed by atoms with van der Waals surface area (Å²) in [5.41, 5.74) is -2.08. The Balaban J connectivity index is 0.000000123. The van der Waals surface area contributed by atoms with Crippen molar-refractivity contribution in [2.75, 3.05) is 0 Å². The zero-order chi connectivity index (χ0) is 90.4. The lowest BCUT2D eigenvalue weighted by Crippen LogP contribution is -2.63. The molecule has 0 radical (unpaired) electrons. The maximum atomic E-state index is 13.1. The molecule has 0 saturated heterocycles. The first kappa shape index (κ1) is 91.0. The molecule has 12 aromatic rings. The zero-order valence-corrected chi connectivity index (χ0v) is 79.6. The Hall–Kier alpha value is -10.9. The Morgan fingerprint density at radius 2 is 0.608 bits per heavy atom. The second kappa shape index (κ2) is 39.3. The Kier molecular flexibility index (Phi) is 27.5. The second-order valence-electron chi connectivity index (χ2n) is 37.9. The lowest BCUT2D eigenvalue weighted by Gasteiger charge is -2.60. The highest BCUT2D eigenvalue weighted by molar-refractivity contribution is 7.98. The molecular weight excluding hydrogens is 1690 g/mol. The maximum Gasteiger partial charge on any atom is 0.316 e. The van der Waals surface area contributed by atoms with Gasteiger partial charge in [-0.1, -0.05) is 163 Å². The van der Waals surface area contributed by atoms with E-state index in [1.807, 2.05) is 177 Å². The summed E-state index contributed by atoms with van der Waals surface area (Å²) in [6.07, 6.45) is 15.6. The van der Waals surface area contributed by atoms with E-state index in [9.17, 15) is 19.2 Å². The van der Waals surface area contributed by atoms with Gasteiger partial charge in [0, 0.05) is 12.8 Å². The predicted octanol–water partition coefficient (Wildman–Crippen LogP) is 28.1. The van der Waals surface area contributed by atoms with Crippen LogP contribution in [0.2, 0.25) is 0 Å². The van der Waals surface area contributed by atoms with E-state index in [1.165, 1.54) is 56.9 Å². The Bertz CT molecular complexity index is 5710. The van der Waals surface area contributed by atoms with Gasteiger partial charge in [0.1, 0.15) is 67.2 Å². The summed E-state index contributed by atoms with van der Waals surface area (Å²) in [6, 6.07) is 109. The molecule has 8 saturated carbocycles. The number of esters is 4. The minimum Gasteiger partial charge on any atom is -0.487 e. The van der Waals surface area contributed by atoms with Crippen molar-refractivity contribution < 1.29 is 57.1 Å². The molecule has 0 amide bonds.